The average Bonchev–Trinajstić information content (AvgIpc) is 3.24. The van der Waals surface area contributed by atoms with Crippen LogP contribution in [0.15, 0.2) is 53.1 Å². The molecule has 7 heteroatoms. The summed E-state index contributed by atoms with van der Waals surface area (Å²) in [5.74, 6) is 0.433. The van der Waals surface area contributed by atoms with Gasteiger partial charge in [-0.25, -0.2) is 4.68 Å². The summed E-state index contributed by atoms with van der Waals surface area (Å²) < 4.78 is 2.74. The third-order valence-corrected chi connectivity index (χ3v) is 5.39. The maximum atomic E-state index is 12.2. The lowest BCUT2D eigenvalue weighted by atomic mass is 10.2. The van der Waals surface area contributed by atoms with Gasteiger partial charge in [0.25, 0.3) is 0 Å². The third kappa shape index (κ3) is 4.89. The van der Waals surface area contributed by atoms with Crippen molar-refractivity contribution < 1.29 is 9.59 Å². The number of halogens is 1. The molecule has 26 heavy (non-hydrogen) atoms. The Bertz CT molecular complexity index is 915. The number of hydrogen-bond donors (Lipinski definition) is 1. The van der Waals surface area contributed by atoms with Gasteiger partial charge in [-0.2, -0.15) is 5.10 Å². The molecule has 0 aliphatic rings. The zero-order chi connectivity index (χ0) is 18.5. The topological polar surface area (TPSA) is 64.0 Å². The van der Waals surface area contributed by atoms with Gasteiger partial charge >= 0.3 is 0 Å². The van der Waals surface area contributed by atoms with E-state index < -0.39 is 0 Å². The summed E-state index contributed by atoms with van der Waals surface area (Å²) >= 11 is 4.87. The molecule has 1 amide bonds. The molecule has 0 spiro atoms. The number of carbonyl (C=O) groups excluding carboxylic acids is 2. The molecule has 0 bridgehead atoms. The first-order valence-corrected chi connectivity index (χ1v) is 9.78. The summed E-state index contributed by atoms with van der Waals surface area (Å²) in [6.45, 7) is 2.52. The monoisotopic (exact) mass is 431 g/mol. The maximum Gasteiger partial charge on any atom is 0.225 e. The van der Waals surface area contributed by atoms with Gasteiger partial charge in [-0.1, -0.05) is 28.1 Å². The molecule has 5 nitrogen and oxygen atoms in total. The van der Waals surface area contributed by atoms with Crippen LogP contribution in [0.2, 0.25) is 0 Å². The fourth-order valence-corrected chi connectivity index (χ4v) is 3.57. The Morgan fingerprint density at radius 1 is 1.12 bits per heavy atom. The molecule has 1 N–H and O–H groups in total. The van der Waals surface area contributed by atoms with E-state index in [1.807, 2.05) is 43.3 Å². The number of anilines is 1. The molecular formula is C19H18BrN3O2S. The number of rotatable bonds is 7. The predicted octanol–water partition coefficient (Wildman–Crippen LogP) is 4.67. The van der Waals surface area contributed by atoms with Crippen LogP contribution in [-0.2, 0) is 11.3 Å². The maximum absolute atomic E-state index is 12.2. The number of carbonyl (C=O) groups is 2. The summed E-state index contributed by atoms with van der Waals surface area (Å²) in [5, 5.41) is 7.10. The first-order valence-electron chi connectivity index (χ1n) is 8.17. The Hall–Kier alpha value is -2.25. The highest BCUT2D eigenvalue weighted by molar-refractivity contribution is 9.10. The van der Waals surface area contributed by atoms with Crippen LogP contribution in [0.4, 0.5) is 5.82 Å². The van der Waals surface area contributed by atoms with Crippen molar-refractivity contribution in [2.75, 3.05) is 5.32 Å². The first kappa shape index (κ1) is 18.5. The molecule has 0 saturated carbocycles. The lowest BCUT2D eigenvalue weighted by Gasteiger charge is -2.09. The van der Waals surface area contributed by atoms with Gasteiger partial charge in [0.05, 0.1) is 17.6 Å². The minimum absolute atomic E-state index is 0.00150. The standard InChI is InChI=1S/C19H18BrN3O2S/c1-13-2-8-17(26-13)16(24)7-9-19(25)22-18-10-11-21-23(18)12-14-3-5-15(20)6-4-14/h2-6,8,10-11H,7,9,12H2,1H3,(H,22,25). The highest BCUT2D eigenvalue weighted by Crippen LogP contribution is 2.18. The quantitative estimate of drug-likeness (QED) is 0.552. The number of ketones is 1. The molecule has 0 unspecified atom stereocenters. The van der Waals surface area contributed by atoms with Gasteiger partial charge in [0.15, 0.2) is 5.78 Å². The molecular weight excluding hydrogens is 414 g/mol. The largest absolute Gasteiger partial charge is 0.311 e. The molecule has 0 fully saturated rings. The van der Waals surface area contributed by atoms with E-state index in [4.69, 9.17) is 0 Å². The van der Waals surface area contributed by atoms with Crippen molar-refractivity contribution in [1.29, 1.82) is 0 Å². The molecule has 0 aliphatic carbocycles. The minimum Gasteiger partial charge on any atom is -0.311 e. The lowest BCUT2D eigenvalue weighted by molar-refractivity contribution is -0.116. The van der Waals surface area contributed by atoms with Gasteiger partial charge in [0, 0.05) is 28.3 Å². The highest BCUT2D eigenvalue weighted by atomic mass is 79.9. The second-order valence-electron chi connectivity index (χ2n) is 5.88. The minimum atomic E-state index is -0.191. The second-order valence-corrected chi connectivity index (χ2v) is 8.09. The van der Waals surface area contributed by atoms with Crippen LogP contribution in [0.25, 0.3) is 0 Å². The van der Waals surface area contributed by atoms with Crippen LogP contribution < -0.4 is 5.32 Å². The molecule has 0 atom stereocenters. The van der Waals surface area contributed by atoms with Crippen molar-refractivity contribution in [1.82, 2.24) is 9.78 Å². The van der Waals surface area contributed by atoms with Crippen LogP contribution >= 0.6 is 27.3 Å². The Labute approximate surface area is 164 Å². The smallest absolute Gasteiger partial charge is 0.225 e. The van der Waals surface area contributed by atoms with Gasteiger partial charge in [0.1, 0.15) is 5.82 Å². The number of nitrogens with zero attached hydrogens (tertiary/aromatic N) is 2. The molecule has 0 aliphatic heterocycles. The van der Waals surface area contributed by atoms with Gasteiger partial charge < -0.3 is 5.32 Å². The molecule has 2 heterocycles. The molecule has 134 valence electrons. The van der Waals surface area contributed by atoms with E-state index in [2.05, 4.69) is 26.3 Å². The Morgan fingerprint density at radius 2 is 1.88 bits per heavy atom. The van der Waals surface area contributed by atoms with Crippen LogP contribution in [0, 0.1) is 6.92 Å². The van der Waals surface area contributed by atoms with E-state index in [1.54, 1.807) is 16.9 Å². The second kappa shape index (κ2) is 8.42. The lowest BCUT2D eigenvalue weighted by Crippen LogP contribution is -2.17. The van der Waals surface area contributed by atoms with Crippen molar-refractivity contribution in [2.24, 2.45) is 0 Å². The number of amides is 1. The van der Waals surface area contributed by atoms with E-state index in [0.717, 1.165) is 14.9 Å². The van der Waals surface area contributed by atoms with Crippen molar-refractivity contribution in [3.8, 4) is 0 Å². The van der Waals surface area contributed by atoms with Gasteiger partial charge in [-0.3, -0.25) is 9.59 Å². The van der Waals surface area contributed by atoms with Crippen LogP contribution in [-0.4, -0.2) is 21.5 Å². The van der Waals surface area contributed by atoms with Gasteiger partial charge in [0.2, 0.25) is 5.91 Å². The fourth-order valence-electron chi connectivity index (χ4n) is 2.47. The summed E-state index contributed by atoms with van der Waals surface area (Å²) in [5.41, 5.74) is 1.08. The normalized spacial score (nSPS) is 10.7. The number of aryl methyl sites for hydroxylation is 1. The zero-order valence-electron chi connectivity index (χ0n) is 14.2. The molecule has 0 saturated heterocycles. The third-order valence-electron chi connectivity index (χ3n) is 3.82. The number of nitrogens with one attached hydrogen (secondary N) is 1. The van der Waals surface area contributed by atoms with Crippen LogP contribution in [0.5, 0.6) is 0 Å². The van der Waals surface area contributed by atoms with E-state index >= 15 is 0 Å². The average molecular weight is 432 g/mol. The van der Waals surface area contributed by atoms with Crippen molar-refractivity contribution >= 4 is 44.8 Å². The van der Waals surface area contributed by atoms with Crippen LogP contribution in [0.1, 0.15) is 33.0 Å². The zero-order valence-corrected chi connectivity index (χ0v) is 16.6. The van der Waals surface area contributed by atoms with E-state index in [0.29, 0.717) is 17.2 Å². The number of Topliss-reactive ketones (excluding diaryl/α,β-unsaturated/α-hetero) is 1. The summed E-state index contributed by atoms with van der Waals surface area (Å²) in [6, 6.07) is 13.4. The number of aromatic nitrogens is 2. The van der Waals surface area contributed by atoms with Crippen molar-refractivity contribution in [3.63, 3.8) is 0 Å². The number of thiophene rings is 1. The van der Waals surface area contributed by atoms with Gasteiger partial charge in [-0.15, -0.1) is 11.3 Å². The highest BCUT2D eigenvalue weighted by Gasteiger charge is 2.13. The molecule has 2 aromatic heterocycles. The summed E-state index contributed by atoms with van der Waals surface area (Å²) in [6.07, 6.45) is 2.00. The van der Waals surface area contributed by atoms with Crippen LogP contribution in [0.3, 0.4) is 0 Å². The summed E-state index contributed by atoms with van der Waals surface area (Å²) in [4.78, 5) is 26.1. The van der Waals surface area contributed by atoms with E-state index in [1.165, 1.54) is 11.3 Å². The SMILES string of the molecule is Cc1ccc(C(=O)CCC(=O)Nc2ccnn2Cc2ccc(Br)cc2)s1. The van der Waals surface area contributed by atoms with E-state index in [9.17, 15) is 9.59 Å². The fraction of sp³-hybridized carbons (Fsp3) is 0.211. The Kier molecular flexibility index (Phi) is 6.00. The molecule has 3 aromatic rings. The number of benzene rings is 1. The molecule has 0 radical (unpaired) electrons. The predicted molar refractivity (Wildman–Crippen MR) is 107 cm³/mol. The summed E-state index contributed by atoms with van der Waals surface area (Å²) in [7, 11) is 0. The van der Waals surface area contributed by atoms with E-state index in [-0.39, 0.29) is 24.5 Å². The first-order chi connectivity index (χ1) is 12.5. The Morgan fingerprint density at radius 3 is 2.58 bits per heavy atom. The number of hydrogen-bond acceptors (Lipinski definition) is 4. The van der Waals surface area contributed by atoms with Crippen molar-refractivity contribution in [3.05, 3.63) is 68.5 Å². The van der Waals surface area contributed by atoms with Gasteiger partial charge in [-0.05, 0) is 36.8 Å². The molecule has 1 aromatic carbocycles. The molecule has 3 rings (SSSR count). The Balaban J connectivity index is 1.55. The van der Waals surface area contributed by atoms with Crippen molar-refractivity contribution in [2.45, 2.75) is 26.3 Å².